The number of unbranched alkanes of at least 4 members (excludes halogenated alkanes) is 15. The quantitative estimate of drug-likeness (QED) is 0.114. The van der Waals surface area contributed by atoms with Gasteiger partial charge in [0.05, 0.1) is 0 Å². The second-order valence-corrected chi connectivity index (χ2v) is 8.77. The van der Waals surface area contributed by atoms with Gasteiger partial charge in [-0.25, -0.2) is 0 Å². The molecule has 28 heavy (non-hydrogen) atoms. The maximum atomic E-state index is 3.89. The van der Waals surface area contributed by atoms with Crippen molar-refractivity contribution in [3.8, 4) is 0 Å². The van der Waals surface area contributed by atoms with Crippen LogP contribution >= 0.6 is 0 Å². The largest absolute Gasteiger partial charge is 0.103 e. The summed E-state index contributed by atoms with van der Waals surface area (Å²) in [6, 6.07) is 0. The molecule has 0 aromatic heterocycles. The molecule has 0 bridgehead atoms. The van der Waals surface area contributed by atoms with Crippen LogP contribution in [0.4, 0.5) is 0 Å². The van der Waals surface area contributed by atoms with Crippen molar-refractivity contribution in [1.82, 2.24) is 0 Å². The van der Waals surface area contributed by atoms with E-state index in [0.717, 1.165) is 5.92 Å². The van der Waals surface area contributed by atoms with E-state index in [4.69, 9.17) is 0 Å². The molecule has 0 fully saturated rings. The summed E-state index contributed by atoms with van der Waals surface area (Å²) < 4.78 is 0. The van der Waals surface area contributed by atoms with Crippen LogP contribution in [0.25, 0.3) is 0 Å². The highest BCUT2D eigenvalue weighted by Crippen LogP contribution is 2.24. The summed E-state index contributed by atoms with van der Waals surface area (Å²) in [7, 11) is 0. The van der Waals surface area contributed by atoms with Gasteiger partial charge in [-0.2, -0.15) is 0 Å². The molecule has 164 valence electrons. The van der Waals surface area contributed by atoms with Gasteiger partial charge in [0, 0.05) is 0 Å². The van der Waals surface area contributed by atoms with Gasteiger partial charge < -0.3 is 0 Å². The molecule has 1 unspecified atom stereocenters. The third kappa shape index (κ3) is 21.5. The molecule has 0 nitrogen and oxygen atoms in total. The predicted molar refractivity (Wildman–Crippen MR) is 131 cm³/mol. The van der Waals surface area contributed by atoms with Crippen LogP contribution in [0.1, 0.15) is 135 Å². The third-order valence-corrected chi connectivity index (χ3v) is 6.06. The second-order valence-electron chi connectivity index (χ2n) is 8.77. The Morgan fingerprint density at radius 2 is 0.643 bits per heavy atom. The highest BCUT2D eigenvalue weighted by molar-refractivity contribution is 4.69. The minimum atomic E-state index is 0.972. The van der Waals surface area contributed by atoms with Crippen molar-refractivity contribution in [2.24, 2.45) is 5.92 Å². The molecule has 0 saturated carbocycles. The molecule has 0 amide bonds. The van der Waals surface area contributed by atoms with Gasteiger partial charge in [-0.1, -0.05) is 115 Å². The standard InChI is InChI=1S/C28H52/c1-4-7-10-12-14-16-17-19-21-24-27-28(25-22-9-6-3)26-23-20-18-15-13-11-8-5-2/h4-6,28H,1-3,7-27H2. The van der Waals surface area contributed by atoms with Gasteiger partial charge in [0.15, 0.2) is 0 Å². The highest BCUT2D eigenvalue weighted by Gasteiger charge is 2.08. The average Bonchev–Trinajstić information content (AvgIpc) is 2.71. The average molecular weight is 389 g/mol. The van der Waals surface area contributed by atoms with Crippen LogP contribution in [0.2, 0.25) is 0 Å². The Balaban J connectivity index is 3.65. The zero-order valence-corrected chi connectivity index (χ0v) is 19.3. The Morgan fingerprint density at radius 3 is 1.04 bits per heavy atom. The Labute approximate surface area is 179 Å². The summed E-state index contributed by atoms with van der Waals surface area (Å²) in [4.78, 5) is 0. The second kappa shape index (κ2) is 24.3. The first-order chi connectivity index (χ1) is 13.8. The van der Waals surface area contributed by atoms with Crippen molar-refractivity contribution in [3.63, 3.8) is 0 Å². The fourth-order valence-corrected chi connectivity index (χ4v) is 4.20. The van der Waals surface area contributed by atoms with Crippen LogP contribution in [0.3, 0.4) is 0 Å². The van der Waals surface area contributed by atoms with E-state index in [9.17, 15) is 0 Å². The molecule has 1 atom stereocenters. The van der Waals surface area contributed by atoms with Gasteiger partial charge in [-0.05, 0) is 44.4 Å². The SMILES string of the molecule is C=CCCCCCCCCCCC(CCCC=C)CCCCCCCCC=C. The Morgan fingerprint density at radius 1 is 0.357 bits per heavy atom. The van der Waals surface area contributed by atoms with Crippen LogP contribution in [-0.2, 0) is 0 Å². The normalized spacial score (nSPS) is 12.0. The zero-order valence-electron chi connectivity index (χ0n) is 19.3. The van der Waals surface area contributed by atoms with Crippen molar-refractivity contribution in [2.75, 3.05) is 0 Å². The first kappa shape index (κ1) is 27.2. The summed E-state index contributed by atoms with van der Waals surface area (Å²) in [5.74, 6) is 0.972. The minimum Gasteiger partial charge on any atom is -0.103 e. The molecule has 0 aliphatic rings. The zero-order chi connectivity index (χ0) is 20.5. The molecule has 0 aliphatic carbocycles. The molecular formula is C28H52. The lowest BCUT2D eigenvalue weighted by Gasteiger charge is -2.16. The molecule has 0 radical (unpaired) electrons. The molecule has 0 aromatic carbocycles. The van der Waals surface area contributed by atoms with Crippen molar-refractivity contribution >= 4 is 0 Å². The molecule has 0 aliphatic heterocycles. The predicted octanol–water partition coefficient (Wildman–Crippen LogP) is 10.4. The highest BCUT2D eigenvalue weighted by atomic mass is 14.1. The van der Waals surface area contributed by atoms with Gasteiger partial charge in [0.25, 0.3) is 0 Å². The van der Waals surface area contributed by atoms with Crippen LogP contribution in [0.5, 0.6) is 0 Å². The van der Waals surface area contributed by atoms with Crippen molar-refractivity contribution in [2.45, 2.75) is 135 Å². The maximum absolute atomic E-state index is 3.89. The fraction of sp³-hybridized carbons (Fsp3) is 0.786. The summed E-state index contributed by atoms with van der Waals surface area (Å²) in [5, 5.41) is 0. The summed E-state index contributed by atoms with van der Waals surface area (Å²) >= 11 is 0. The van der Waals surface area contributed by atoms with E-state index in [2.05, 4.69) is 38.0 Å². The van der Waals surface area contributed by atoms with Crippen molar-refractivity contribution in [1.29, 1.82) is 0 Å². The fourth-order valence-electron chi connectivity index (χ4n) is 4.20. The van der Waals surface area contributed by atoms with E-state index < -0.39 is 0 Å². The molecular weight excluding hydrogens is 336 g/mol. The Hall–Kier alpha value is -0.780. The van der Waals surface area contributed by atoms with Crippen molar-refractivity contribution < 1.29 is 0 Å². The third-order valence-electron chi connectivity index (χ3n) is 6.06. The Kier molecular flexibility index (Phi) is 23.6. The van der Waals surface area contributed by atoms with E-state index in [1.165, 1.54) is 135 Å². The molecule has 0 spiro atoms. The van der Waals surface area contributed by atoms with Crippen LogP contribution in [-0.4, -0.2) is 0 Å². The van der Waals surface area contributed by atoms with Gasteiger partial charge in [-0.3, -0.25) is 0 Å². The number of hydrogen-bond acceptors (Lipinski definition) is 0. The summed E-state index contributed by atoms with van der Waals surface area (Å²) in [5.41, 5.74) is 0. The maximum Gasteiger partial charge on any atom is -0.0353 e. The first-order valence-electron chi connectivity index (χ1n) is 12.7. The van der Waals surface area contributed by atoms with E-state index in [1.807, 2.05) is 0 Å². The lowest BCUT2D eigenvalue weighted by Crippen LogP contribution is -2.01. The van der Waals surface area contributed by atoms with Crippen LogP contribution in [0, 0.1) is 5.92 Å². The smallest absolute Gasteiger partial charge is 0.0353 e. The van der Waals surface area contributed by atoms with E-state index in [1.54, 1.807) is 0 Å². The molecule has 0 heterocycles. The van der Waals surface area contributed by atoms with Gasteiger partial charge in [0.1, 0.15) is 0 Å². The monoisotopic (exact) mass is 388 g/mol. The lowest BCUT2D eigenvalue weighted by molar-refractivity contribution is 0.373. The number of allylic oxidation sites excluding steroid dienone is 3. The molecule has 0 rings (SSSR count). The van der Waals surface area contributed by atoms with Crippen molar-refractivity contribution in [3.05, 3.63) is 38.0 Å². The lowest BCUT2D eigenvalue weighted by atomic mass is 9.90. The van der Waals surface area contributed by atoms with Crippen LogP contribution < -0.4 is 0 Å². The first-order valence-corrected chi connectivity index (χ1v) is 12.7. The van der Waals surface area contributed by atoms with E-state index in [-0.39, 0.29) is 0 Å². The van der Waals surface area contributed by atoms with Crippen LogP contribution in [0.15, 0.2) is 38.0 Å². The molecule has 0 heteroatoms. The minimum absolute atomic E-state index is 0.972. The summed E-state index contributed by atoms with van der Waals surface area (Å²) in [6.07, 6.45) is 35.4. The topological polar surface area (TPSA) is 0 Å². The molecule has 0 saturated heterocycles. The molecule has 0 aromatic rings. The number of rotatable bonds is 24. The van der Waals surface area contributed by atoms with E-state index in [0.29, 0.717) is 0 Å². The number of hydrogen-bond donors (Lipinski definition) is 0. The molecule has 0 N–H and O–H groups in total. The van der Waals surface area contributed by atoms with Gasteiger partial charge in [0.2, 0.25) is 0 Å². The van der Waals surface area contributed by atoms with Gasteiger partial charge in [-0.15, -0.1) is 19.7 Å². The summed E-state index contributed by atoms with van der Waals surface area (Å²) in [6.45, 7) is 11.5. The van der Waals surface area contributed by atoms with Gasteiger partial charge >= 0.3 is 0 Å². The van der Waals surface area contributed by atoms with E-state index >= 15 is 0 Å². The Bertz CT molecular complexity index is 327.